The molecular weight excluding hydrogens is 296 g/mol. The molecule has 134 valence electrons. The van der Waals surface area contributed by atoms with Gasteiger partial charge < -0.3 is 10.6 Å². The van der Waals surface area contributed by atoms with Crippen molar-refractivity contribution in [3.63, 3.8) is 0 Å². The summed E-state index contributed by atoms with van der Waals surface area (Å²) in [6.07, 6.45) is 10.4. The topological polar surface area (TPSA) is 41.1 Å². The van der Waals surface area contributed by atoms with Crippen molar-refractivity contribution in [2.75, 3.05) is 13.1 Å². The predicted molar refractivity (Wildman–Crippen MR) is 101 cm³/mol. The fraction of sp³-hybridized carbons (Fsp3) is 0.667. The number of hydrogen-bond donors (Lipinski definition) is 2. The van der Waals surface area contributed by atoms with Gasteiger partial charge in [-0.2, -0.15) is 0 Å². The first-order valence-electron chi connectivity index (χ1n) is 9.84. The van der Waals surface area contributed by atoms with Crippen LogP contribution in [0.15, 0.2) is 30.3 Å². The molecule has 1 aromatic carbocycles. The zero-order valence-electron chi connectivity index (χ0n) is 15.2. The molecule has 0 aromatic heterocycles. The molecule has 0 saturated heterocycles. The quantitative estimate of drug-likeness (QED) is 0.625. The Morgan fingerprint density at radius 3 is 2.46 bits per heavy atom. The van der Waals surface area contributed by atoms with E-state index in [4.69, 9.17) is 0 Å². The second-order valence-electron chi connectivity index (χ2n) is 7.07. The number of carbonyl (C=O) groups excluding carboxylic acids is 1. The monoisotopic (exact) mass is 330 g/mol. The second-order valence-corrected chi connectivity index (χ2v) is 7.07. The summed E-state index contributed by atoms with van der Waals surface area (Å²) in [6, 6.07) is 11.5. The lowest BCUT2D eigenvalue weighted by atomic mass is 9.82. The fourth-order valence-electron chi connectivity index (χ4n) is 3.61. The van der Waals surface area contributed by atoms with E-state index in [-0.39, 0.29) is 5.91 Å². The largest absolute Gasteiger partial charge is 0.356 e. The molecule has 1 saturated carbocycles. The minimum atomic E-state index is 0.192. The van der Waals surface area contributed by atoms with Crippen LogP contribution in [0.5, 0.6) is 0 Å². The first kappa shape index (κ1) is 19.0. The van der Waals surface area contributed by atoms with Crippen molar-refractivity contribution in [2.24, 2.45) is 0 Å². The predicted octanol–water partition coefficient (Wildman–Crippen LogP) is 4.39. The van der Waals surface area contributed by atoms with E-state index in [9.17, 15) is 4.79 Å². The van der Waals surface area contributed by atoms with Gasteiger partial charge in [0.2, 0.25) is 5.91 Å². The van der Waals surface area contributed by atoms with Crippen molar-refractivity contribution in [3.8, 4) is 0 Å². The fourth-order valence-corrected chi connectivity index (χ4v) is 3.61. The Morgan fingerprint density at radius 2 is 1.75 bits per heavy atom. The number of carbonyl (C=O) groups is 1. The van der Waals surface area contributed by atoms with Gasteiger partial charge in [0.1, 0.15) is 0 Å². The Morgan fingerprint density at radius 1 is 1.00 bits per heavy atom. The lowest BCUT2D eigenvalue weighted by Crippen LogP contribution is -2.36. The number of amides is 1. The third-order valence-electron chi connectivity index (χ3n) is 5.14. The molecule has 1 aliphatic rings. The van der Waals surface area contributed by atoms with Gasteiger partial charge in [-0.3, -0.25) is 4.79 Å². The van der Waals surface area contributed by atoms with E-state index in [0.717, 1.165) is 25.4 Å². The number of unbranched alkanes of at least 4 members (excludes halogenated alkanes) is 3. The molecule has 3 nitrogen and oxygen atoms in total. The minimum absolute atomic E-state index is 0.192. The standard InChI is InChI=1S/C21H34N2O/c1-2-3-4-8-16-23-21(24)15-17-22-20-13-11-19(12-14-20)18-9-6-5-7-10-18/h5-7,9-10,19-20,22H,2-4,8,11-17H2,1H3,(H,23,24)/t19-,20-. The average Bonchev–Trinajstić information content (AvgIpc) is 2.63. The van der Waals surface area contributed by atoms with E-state index in [2.05, 4.69) is 47.9 Å². The number of nitrogens with one attached hydrogen (secondary N) is 2. The third kappa shape index (κ3) is 7.04. The van der Waals surface area contributed by atoms with Crippen LogP contribution >= 0.6 is 0 Å². The van der Waals surface area contributed by atoms with E-state index in [1.165, 1.54) is 50.5 Å². The summed E-state index contributed by atoms with van der Waals surface area (Å²) in [5.74, 6) is 0.910. The normalized spacial score (nSPS) is 20.7. The molecule has 1 aromatic rings. The molecule has 2 rings (SSSR count). The summed E-state index contributed by atoms with van der Waals surface area (Å²) in [4.78, 5) is 11.8. The van der Waals surface area contributed by atoms with Crippen LogP contribution in [-0.4, -0.2) is 25.0 Å². The number of benzene rings is 1. The van der Waals surface area contributed by atoms with Crippen molar-refractivity contribution in [1.82, 2.24) is 10.6 Å². The molecule has 24 heavy (non-hydrogen) atoms. The van der Waals surface area contributed by atoms with Gasteiger partial charge in [-0.25, -0.2) is 0 Å². The van der Waals surface area contributed by atoms with Gasteiger partial charge in [0, 0.05) is 25.6 Å². The summed E-state index contributed by atoms with van der Waals surface area (Å²) in [7, 11) is 0. The third-order valence-corrected chi connectivity index (χ3v) is 5.14. The maximum Gasteiger partial charge on any atom is 0.221 e. The average molecular weight is 331 g/mol. The molecule has 2 N–H and O–H groups in total. The smallest absolute Gasteiger partial charge is 0.221 e. The van der Waals surface area contributed by atoms with Gasteiger partial charge in [0.15, 0.2) is 0 Å². The zero-order chi connectivity index (χ0) is 17.0. The first-order valence-corrected chi connectivity index (χ1v) is 9.84. The highest BCUT2D eigenvalue weighted by Gasteiger charge is 2.21. The summed E-state index contributed by atoms with van der Waals surface area (Å²) in [5.41, 5.74) is 1.48. The molecule has 0 heterocycles. The van der Waals surface area contributed by atoms with Gasteiger partial charge in [0.05, 0.1) is 0 Å². The number of hydrogen-bond acceptors (Lipinski definition) is 2. The first-order chi connectivity index (χ1) is 11.8. The summed E-state index contributed by atoms with van der Waals surface area (Å²) in [5, 5.41) is 6.60. The SMILES string of the molecule is CCCCCCNC(=O)CCN[C@H]1CC[C@H](c2ccccc2)CC1. The van der Waals surface area contributed by atoms with Gasteiger partial charge in [-0.1, -0.05) is 56.5 Å². The Kier molecular flexibility index (Phi) is 8.90. The van der Waals surface area contributed by atoms with Crippen LogP contribution < -0.4 is 10.6 Å². The van der Waals surface area contributed by atoms with E-state index in [1.54, 1.807) is 0 Å². The van der Waals surface area contributed by atoms with Crippen LogP contribution in [0.25, 0.3) is 0 Å². The van der Waals surface area contributed by atoms with Gasteiger partial charge in [0.25, 0.3) is 0 Å². The van der Waals surface area contributed by atoms with E-state index >= 15 is 0 Å². The molecule has 0 aliphatic heterocycles. The van der Waals surface area contributed by atoms with Crippen LogP contribution in [-0.2, 0) is 4.79 Å². The molecule has 0 bridgehead atoms. The maximum atomic E-state index is 11.8. The highest BCUT2D eigenvalue weighted by Crippen LogP contribution is 2.32. The van der Waals surface area contributed by atoms with Crippen molar-refractivity contribution < 1.29 is 4.79 Å². The highest BCUT2D eigenvalue weighted by molar-refractivity contribution is 5.75. The Labute approximate surface area is 147 Å². The lowest BCUT2D eigenvalue weighted by molar-refractivity contribution is -0.121. The molecule has 1 fully saturated rings. The maximum absolute atomic E-state index is 11.8. The molecule has 0 radical (unpaired) electrons. The second kappa shape index (κ2) is 11.2. The van der Waals surface area contributed by atoms with Crippen LogP contribution in [0.2, 0.25) is 0 Å². The molecule has 3 heteroatoms. The molecule has 0 unspecified atom stereocenters. The Bertz CT molecular complexity index is 452. The van der Waals surface area contributed by atoms with Crippen molar-refractivity contribution in [1.29, 1.82) is 0 Å². The minimum Gasteiger partial charge on any atom is -0.356 e. The Balaban J connectivity index is 1.52. The molecule has 1 amide bonds. The molecule has 1 aliphatic carbocycles. The van der Waals surface area contributed by atoms with Gasteiger partial charge in [-0.05, 0) is 43.6 Å². The summed E-state index contributed by atoms with van der Waals surface area (Å²) in [6.45, 7) is 3.85. The zero-order valence-corrected chi connectivity index (χ0v) is 15.2. The van der Waals surface area contributed by atoms with Crippen molar-refractivity contribution in [3.05, 3.63) is 35.9 Å². The lowest BCUT2D eigenvalue weighted by Gasteiger charge is -2.29. The molecular formula is C21H34N2O. The van der Waals surface area contributed by atoms with Crippen LogP contribution in [0, 0.1) is 0 Å². The van der Waals surface area contributed by atoms with E-state index < -0.39 is 0 Å². The summed E-state index contributed by atoms with van der Waals surface area (Å²) >= 11 is 0. The number of rotatable bonds is 10. The molecule has 0 atom stereocenters. The van der Waals surface area contributed by atoms with Crippen LogP contribution in [0.3, 0.4) is 0 Å². The van der Waals surface area contributed by atoms with E-state index in [0.29, 0.717) is 12.5 Å². The van der Waals surface area contributed by atoms with Gasteiger partial charge >= 0.3 is 0 Å². The Hall–Kier alpha value is -1.35. The van der Waals surface area contributed by atoms with Crippen molar-refractivity contribution in [2.45, 2.75) is 76.7 Å². The van der Waals surface area contributed by atoms with Crippen LogP contribution in [0.4, 0.5) is 0 Å². The van der Waals surface area contributed by atoms with Crippen LogP contribution in [0.1, 0.15) is 76.2 Å². The summed E-state index contributed by atoms with van der Waals surface area (Å²) < 4.78 is 0. The molecule has 0 spiro atoms. The van der Waals surface area contributed by atoms with E-state index in [1.807, 2.05) is 0 Å². The van der Waals surface area contributed by atoms with Gasteiger partial charge in [-0.15, -0.1) is 0 Å². The highest BCUT2D eigenvalue weighted by atomic mass is 16.1. The van der Waals surface area contributed by atoms with Crippen molar-refractivity contribution >= 4 is 5.91 Å².